The van der Waals surface area contributed by atoms with Gasteiger partial charge in [0.05, 0.1) is 17.8 Å². The van der Waals surface area contributed by atoms with Gasteiger partial charge in [-0.25, -0.2) is 4.98 Å². The van der Waals surface area contributed by atoms with Gasteiger partial charge in [0.1, 0.15) is 5.75 Å². The van der Waals surface area contributed by atoms with Gasteiger partial charge < -0.3 is 10.1 Å². The van der Waals surface area contributed by atoms with Gasteiger partial charge in [0, 0.05) is 29.1 Å². The monoisotopic (exact) mass is 282 g/mol. The molecule has 0 aliphatic heterocycles. The van der Waals surface area contributed by atoms with E-state index in [1.54, 1.807) is 18.4 Å². The maximum Gasteiger partial charge on any atom is 0.123 e. The summed E-state index contributed by atoms with van der Waals surface area (Å²) in [5.41, 5.74) is 2.12. The number of methoxy groups -OCH3 is 1. The topological polar surface area (TPSA) is 34.1 Å². The van der Waals surface area contributed by atoms with E-state index in [9.17, 15) is 0 Å². The lowest BCUT2D eigenvalue weighted by Gasteiger charge is -2.09. The van der Waals surface area contributed by atoms with Gasteiger partial charge in [-0.3, -0.25) is 0 Å². The first-order valence-corrected chi connectivity index (χ1v) is 6.89. The van der Waals surface area contributed by atoms with Gasteiger partial charge in [-0.15, -0.1) is 11.3 Å². The molecule has 0 aliphatic rings. The van der Waals surface area contributed by atoms with Crippen molar-refractivity contribution in [2.75, 3.05) is 7.11 Å². The fraction of sp³-hybridized carbons (Fsp3) is 0.308. The van der Waals surface area contributed by atoms with Crippen molar-refractivity contribution in [3.8, 4) is 5.75 Å². The van der Waals surface area contributed by atoms with Crippen molar-refractivity contribution < 1.29 is 4.74 Å². The number of nitrogens with one attached hydrogen (secondary N) is 1. The molecule has 5 heteroatoms. The maximum absolute atomic E-state index is 5.98. The molecule has 0 fully saturated rings. The van der Waals surface area contributed by atoms with Crippen LogP contribution in [0.1, 0.15) is 16.3 Å². The zero-order chi connectivity index (χ0) is 13.0. The summed E-state index contributed by atoms with van der Waals surface area (Å²) >= 11 is 7.64. The highest BCUT2D eigenvalue weighted by Gasteiger charge is 2.04. The number of aryl methyl sites for hydroxylation is 1. The average Bonchev–Trinajstić information content (AvgIpc) is 2.75. The van der Waals surface area contributed by atoms with Crippen LogP contribution in [-0.4, -0.2) is 12.1 Å². The highest BCUT2D eigenvalue weighted by molar-refractivity contribution is 7.09. The van der Waals surface area contributed by atoms with E-state index in [0.717, 1.165) is 33.6 Å². The third kappa shape index (κ3) is 3.45. The largest absolute Gasteiger partial charge is 0.496 e. The van der Waals surface area contributed by atoms with Gasteiger partial charge in [0.15, 0.2) is 0 Å². The van der Waals surface area contributed by atoms with Crippen LogP contribution in [0, 0.1) is 6.92 Å². The number of thiazole rings is 1. The Morgan fingerprint density at radius 1 is 1.39 bits per heavy atom. The van der Waals surface area contributed by atoms with Crippen LogP contribution in [0.25, 0.3) is 0 Å². The molecule has 0 amide bonds. The summed E-state index contributed by atoms with van der Waals surface area (Å²) in [6.45, 7) is 3.47. The SMILES string of the molecule is COc1ccc(Cl)cc1CNCc1csc(C)n1. The first-order chi connectivity index (χ1) is 8.69. The number of nitrogens with zero attached hydrogens (tertiary/aromatic N) is 1. The molecule has 0 radical (unpaired) electrons. The molecule has 1 aromatic heterocycles. The van der Waals surface area contributed by atoms with Crippen molar-refractivity contribution in [3.63, 3.8) is 0 Å². The predicted molar refractivity (Wildman–Crippen MR) is 75.4 cm³/mol. The summed E-state index contributed by atoms with van der Waals surface area (Å²) < 4.78 is 5.29. The molecule has 1 N–H and O–H groups in total. The Balaban J connectivity index is 1.95. The van der Waals surface area contributed by atoms with E-state index in [0.29, 0.717) is 6.54 Å². The summed E-state index contributed by atoms with van der Waals surface area (Å²) in [6, 6.07) is 5.62. The van der Waals surface area contributed by atoms with Gasteiger partial charge in [0.2, 0.25) is 0 Å². The van der Waals surface area contributed by atoms with Crippen molar-refractivity contribution in [1.82, 2.24) is 10.3 Å². The van der Waals surface area contributed by atoms with Gasteiger partial charge >= 0.3 is 0 Å². The minimum absolute atomic E-state index is 0.709. The number of halogens is 1. The molecule has 1 heterocycles. The molecular weight excluding hydrogens is 268 g/mol. The van der Waals surface area contributed by atoms with Crippen molar-refractivity contribution in [2.24, 2.45) is 0 Å². The third-order valence-corrected chi connectivity index (χ3v) is 3.59. The second-order valence-electron chi connectivity index (χ2n) is 3.92. The van der Waals surface area contributed by atoms with Crippen LogP contribution in [0.4, 0.5) is 0 Å². The standard InChI is InChI=1S/C13H15ClN2OS/c1-9-16-12(8-18-9)7-15-6-10-5-11(14)3-4-13(10)17-2/h3-5,8,15H,6-7H2,1-2H3. The lowest BCUT2D eigenvalue weighted by Crippen LogP contribution is -2.13. The Morgan fingerprint density at radius 3 is 2.89 bits per heavy atom. The second-order valence-corrected chi connectivity index (χ2v) is 5.42. The van der Waals surface area contributed by atoms with E-state index in [-0.39, 0.29) is 0 Å². The van der Waals surface area contributed by atoms with E-state index in [1.165, 1.54) is 0 Å². The minimum atomic E-state index is 0.709. The van der Waals surface area contributed by atoms with Crippen LogP contribution in [-0.2, 0) is 13.1 Å². The van der Waals surface area contributed by atoms with Crippen molar-refractivity contribution >= 4 is 22.9 Å². The Labute approximate surface area is 116 Å². The van der Waals surface area contributed by atoms with Crippen LogP contribution in [0.15, 0.2) is 23.6 Å². The first-order valence-electron chi connectivity index (χ1n) is 5.63. The van der Waals surface area contributed by atoms with E-state index in [2.05, 4.69) is 15.7 Å². The Bertz CT molecular complexity index is 527. The third-order valence-electron chi connectivity index (χ3n) is 2.53. The van der Waals surface area contributed by atoms with E-state index in [1.807, 2.05) is 25.1 Å². The zero-order valence-corrected chi connectivity index (χ0v) is 11.9. The van der Waals surface area contributed by atoms with Crippen molar-refractivity contribution in [2.45, 2.75) is 20.0 Å². The quantitative estimate of drug-likeness (QED) is 0.913. The number of hydrogen-bond donors (Lipinski definition) is 1. The fourth-order valence-corrected chi connectivity index (χ4v) is 2.51. The normalized spacial score (nSPS) is 10.6. The summed E-state index contributed by atoms with van der Waals surface area (Å²) in [7, 11) is 1.66. The van der Waals surface area contributed by atoms with Crippen LogP contribution >= 0.6 is 22.9 Å². The Kier molecular flexibility index (Phi) is 4.58. The highest BCUT2D eigenvalue weighted by Crippen LogP contribution is 2.22. The lowest BCUT2D eigenvalue weighted by atomic mass is 10.2. The van der Waals surface area contributed by atoms with Crippen LogP contribution in [0.2, 0.25) is 5.02 Å². The van der Waals surface area contributed by atoms with E-state index in [4.69, 9.17) is 16.3 Å². The van der Waals surface area contributed by atoms with Gasteiger partial charge in [-0.05, 0) is 25.1 Å². The van der Waals surface area contributed by atoms with Crippen LogP contribution < -0.4 is 10.1 Å². The molecule has 2 rings (SSSR count). The van der Waals surface area contributed by atoms with Gasteiger partial charge in [0.25, 0.3) is 0 Å². The Hall–Kier alpha value is -1.10. The minimum Gasteiger partial charge on any atom is -0.496 e. The summed E-state index contributed by atoms with van der Waals surface area (Å²) in [5.74, 6) is 0.848. The second kappa shape index (κ2) is 6.18. The van der Waals surface area contributed by atoms with Gasteiger partial charge in [-0.2, -0.15) is 0 Å². The van der Waals surface area contributed by atoms with Crippen molar-refractivity contribution in [1.29, 1.82) is 0 Å². The molecule has 96 valence electrons. The summed E-state index contributed by atoms with van der Waals surface area (Å²) in [4.78, 5) is 4.40. The first kappa shape index (κ1) is 13.3. The molecule has 3 nitrogen and oxygen atoms in total. The average molecular weight is 283 g/mol. The number of aromatic nitrogens is 1. The van der Waals surface area contributed by atoms with Gasteiger partial charge in [-0.1, -0.05) is 11.6 Å². The fourth-order valence-electron chi connectivity index (χ4n) is 1.70. The van der Waals surface area contributed by atoms with Crippen molar-refractivity contribution in [3.05, 3.63) is 44.9 Å². The summed E-state index contributed by atoms with van der Waals surface area (Å²) in [5, 5.41) is 7.22. The molecule has 0 spiro atoms. The Morgan fingerprint density at radius 2 is 2.22 bits per heavy atom. The number of hydrogen-bond acceptors (Lipinski definition) is 4. The maximum atomic E-state index is 5.98. The number of benzene rings is 1. The predicted octanol–water partition coefficient (Wildman–Crippen LogP) is 3.40. The number of ether oxygens (including phenoxy) is 1. The highest BCUT2D eigenvalue weighted by atomic mass is 35.5. The summed E-state index contributed by atoms with van der Waals surface area (Å²) in [6.07, 6.45) is 0. The molecule has 0 atom stereocenters. The molecule has 0 saturated heterocycles. The smallest absolute Gasteiger partial charge is 0.123 e. The molecule has 0 aliphatic carbocycles. The van der Waals surface area contributed by atoms with E-state index >= 15 is 0 Å². The molecule has 1 aromatic carbocycles. The van der Waals surface area contributed by atoms with E-state index < -0.39 is 0 Å². The molecule has 0 unspecified atom stereocenters. The molecule has 2 aromatic rings. The van der Waals surface area contributed by atoms with Crippen LogP contribution in [0.5, 0.6) is 5.75 Å². The molecular formula is C13H15ClN2OS. The number of rotatable bonds is 5. The zero-order valence-electron chi connectivity index (χ0n) is 10.4. The molecule has 18 heavy (non-hydrogen) atoms. The molecule has 0 saturated carbocycles. The lowest BCUT2D eigenvalue weighted by molar-refractivity contribution is 0.407. The van der Waals surface area contributed by atoms with Crippen LogP contribution in [0.3, 0.4) is 0 Å². The molecule has 0 bridgehead atoms.